The molecule has 0 radical (unpaired) electrons. The smallest absolute Gasteiger partial charge is 0.365 e. The van der Waals surface area contributed by atoms with E-state index in [1.807, 2.05) is 0 Å². The highest BCUT2D eigenvalue weighted by atomic mass is 19.4. The summed E-state index contributed by atoms with van der Waals surface area (Å²) in [5.41, 5.74) is -1.01. The van der Waals surface area contributed by atoms with Crippen molar-refractivity contribution in [1.29, 1.82) is 0 Å². The molecule has 2 aromatic heterocycles. The van der Waals surface area contributed by atoms with Gasteiger partial charge in [0.15, 0.2) is 5.65 Å². The molecule has 1 atom stereocenters. The monoisotopic (exact) mass is 409 g/mol. The normalized spacial score (nSPS) is 17.7. The number of nitro groups is 1. The predicted molar refractivity (Wildman–Crippen MR) is 95.2 cm³/mol. The Morgan fingerprint density at radius 2 is 1.97 bits per heavy atom. The number of hydrogen-bond acceptors (Lipinski definition) is 5. The zero-order chi connectivity index (χ0) is 20.8. The van der Waals surface area contributed by atoms with Crippen molar-refractivity contribution in [1.82, 2.24) is 14.6 Å². The molecular weight excluding hydrogens is 394 g/mol. The average Bonchev–Trinajstić information content (AvgIpc) is 3.10. The van der Waals surface area contributed by atoms with Gasteiger partial charge in [-0.3, -0.25) is 14.5 Å². The van der Waals surface area contributed by atoms with Gasteiger partial charge in [-0.05, 0) is 37.1 Å². The Labute approximate surface area is 161 Å². The summed E-state index contributed by atoms with van der Waals surface area (Å²) in [5, 5.41) is 19.3. The van der Waals surface area contributed by atoms with Gasteiger partial charge >= 0.3 is 11.9 Å². The molecular formula is C18H15F4N5O2. The summed E-state index contributed by atoms with van der Waals surface area (Å²) in [6, 6.07) is 6.07. The molecule has 1 aliphatic heterocycles. The maximum Gasteiger partial charge on any atom is 0.417 e. The first-order chi connectivity index (χ1) is 13.8. The van der Waals surface area contributed by atoms with Crippen LogP contribution in [0.3, 0.4) is 0 Å². The topological polar surface area (TPSA) is 76.6 Å². The zero-order valence-corrected chi connectivity index (χ0v) is 14.9. The van der Waals surface area contributed by atoms with Gasteiger partial charge in [0.25, 0.3) is 0 Å². The van der Waals surface area contributed by atoms with Gasteiger partial charge in [-0.25, -0.2) is 0 Å². The van der Waals surface area contributed by atoms with Crippen LogP contribution in [0, 0.1) is 15.9 Å². The van der Waals surface area contributed by atoms with Crippen LogP contribution in [0.15, 0.2) is 36.5 Å². The molecule has 1 aromatic carbocycles. The van der Waals surface area contributed by atoms with E-state index in [1.54, 1.807) is 4.90 Å². The molecule has 0 amide bonds. The zero-order valence-electron chi connectivity index (χ0n) is 14.9. The lowest BCUT2D eigenvalue weighted by Gasteiger charge is -2.33. The maximum absolute atomic E-state index is 14.0. The van der Waals surface area contributed by atoms with Gasteiger partial charge in [0.1, 0.15) is 11.5 Å². The van der Waals surface area contributed by atoms with Crippen molar-refractivity contribution in [3.05, 3.63) is 63.8 Å². The number of pyridine rings is 1. The van der Waals surface area contributed by atoms with Gasteiger partial charge in [0, 0.05) is 25.2 Å². The fourth-order valence-corrected chi connectivity index (χ4v) is 3.70. The predicted octanol–water partition coefficient (Wildman–Crippen LogP) is 4.18. The quantitative estimate of drug-likeness (QED) is 0.369. The number of benzene rings is 1. The summed E-state index contributed by atoms with van der Waals surface area (Å²) in [6.45, 7) is 0.715. The third-order valence-corrected chi connectivity index (χ3v) is 5.03. The molecule has 1 fully saturated rings. The summed E-state index contributed by atoms with van der Waals surface area (Å²) >= 11 is 0. The van der Waals surface area contributed by atoms with Crippen molar-refractivity contribution >= 4 is 17.0 Å². The van der Waals surface area contributed by atoms with Crippen LogP contribution >= 0.6 is 0 Å². The highest BCUT2D eigenvalue weighted by Crippen LogP contribution is 2.36. The SMILES string of the molecule is O=[N+]([O-])c1c(F)cccc1N1CCCC(c2nnc3ccc(C(F)(F)F)cn23)C1. The highest BCUT2D eigenvalue weighted by molar-refractivity contribution is 5.64. The van der Waals surface area contributed by atoms with Crippen molar-refractivity contribution in [3.63, 3.8) is 0 Å². The second-order valence-corrected chi connectivity index (χ2v) is 6.85. The maximum atomic E-state index is 14.0. The summed E-state index contributed by atoms with van der Waals surface area (Å²) in [5.74, 6) is -0.905. The molecule has 11 heteroatoms. The van der Waals surface area contributed by atoms with Crippen LogP contribution in [0.4, 0.5) is 28.9 Å². The second kappa shape index (κ2) is 6.98. The summed E-state index contributed by atoms with van der Waals surface area (Å²) < 4.78 is 54.5. The van der Waals surface area contributed by atoms with Crippen LogP contribution in [0.1, 0.15) is 30.1 Å². The summed E-state index contributed by atoms with van der Waals surface area (Å²) in [6.07, 6.45) is -2.31. The van der Waals surface area contributed by atoms with Crippen molar-refractivity contribution in [2.45, 2.75) is 24.9 Å². The van der Waals surface area contributed by atoms with Crippen LogP contribution < -0.4 is 4.90 Å². The Morgan fingerprint density at radius 3 is 2.69 bits per heavy atom. The van der Waals surface area contributed by atoms with E-state index in [4.69, 9.17) is 0 Å². The molecule has 3 heterocycles. The van der Waals surface area contributed by atoms with E-state index < -0.39 is 28.2 Å². The number of nitrogens with zero attached hydrogens (tertiary/aromatic N) is 5. The van der Waals surface area contributed by atoms with E-state index in [0.717, 1.165) is 18.3 Å². The Balaban J connectivity index is 1.70. The van der Waals surface area contributed by atoms with Gasteiger partial charge in [0.2, 0.25) is 5.82 Å². The molecule has 1 aliphatic rings. The number of rotatable bonds is 3. The number of nitro benzene ring substituents is 1. The van der Waals surface area contributed by atoms with E-state index in [9.17, 15) is 27.7 Å². The number of para-hydroxylation sites is 1. The minimum Gasteiger partial charge on any atom is -0.365 e. The number of aromatic nitrogens is 3. The fraction of sp³-hybridized carbons (Fsp3) is 0.333. The first kappa shape index (κ1) is 19.1. The third kappa shape index (κ3) is 3.47. The molecule has 1 saturated heterocycles. The molecule has 7 nitrogen and oxygen atoms in total. The Kier molecular flexibility index (Phi) is 4.59. The third-order valence-electron chi connectivity index (χ3n) is 5.03. The molecule has 0 spiro atoms. The van der Waals surface area contributed by atoms with Gasteiger partial charge in [-0.15, -0.1) is 10.2 Å². The van der Waals surface area contributed by atoms with Gasteiger partial charge in [-0.1, -0.05) is 6.07 Å². The number of alkyl halides is 3. The Hall–Kier alpha value is -3.24. The lowest BCUT2D eigenvalue weighted by Crippen LogP contribution is -2.35. The van der Waals surface area contributed by atoms with Crippen molar-refractivity contribution in [2.75, 3.05) is 18.0 Å². The fourth-order valence-electron chi connectivity index (χ4n) is 3.70. The number of anilines is 1. The van der Waals surface area contributed by atoms with Gasteiger partial charge in [-0.2, -0.15) is 17.6 Å². The first-order valence-electron chi connectivity index (χ1n) is 8.85. The molecule has 0 saturated carbocycles. The van der Waals surface area contributed by atoms with Crippen LogP contribution in [0.2, 0.25) is 0 Å². The van der Waals surface area contributed by atoms with E-state index in [1.165, 1.54) is 22.6 Å². The van der Waals surface area contributed by atoms with Crippen molar-refractivity contribution < 1.29 is 22.5 Å². The molecule has 3 aromatic rings. The number of piperidine rings is 1. The van der Waals surface area contributed by atoms with Crippen molar-refractivity contribution in [2.24, 2.45) is 0 Å². The largest absolute Gasteiger partial charge is 0.417 e. The van der Waals surface area contributed by atoms with Crippen LogP contribution in [0.5, 0.6) is 0 Å². The Bertz CT molecular complexity index is 1080. The van der Waals surface area contributed by atoms with E-state index in [-0.39, 0.29) is 23.8 Å². The second-order valence-electron chi connectivity index (χ2n) is 6.85. The first-order valence-corrected chi connectivity index (χ1v) is 8.85. The lowest BCUT2D eigenvalue weighted by atomic mass is 9.96. The number of hydrogen-bond donors (Lipinski definition) is 0. The number of halogens is 4. The van der Waals surface area contributed by atoms with E-state index >= 15 is 0 Å². The molecule has 0 N–H and O–H groups in total. The minimum atomic E-state index is -4.50. The van der Waals surface area contributed by atoms with E-state index in [0.29, 0.717) is 25.2 Å². The molecule has 152 valence electrons. The standard InChI is InChI=1S/C18H15F4N5O2/c19-13-4-1-5-14(16(13)27(28)29)25-8-2-3-11(9-25)17-24-23-15-7-6-12(10-26(15)17)18(20,21)22/h1,4-7,10-11H,2-3,8-9H2. The van der Waals surface area contributed by atoms with Crippen LogP contribution in [-0.2, 0) is 6.18 Å². The van der Waals surface area contributed by atoms with Gasteiger partial charge in [0.05, 0.1) is 10.5 Å². The summed E-state index contributed by atoms with van der Waals surface area (Å²) in [4.78, 5) is 12.2. The molecule has 0 bridgehead atoms. The van der Waals surface area contributed by atoms with Crippen molar-refractivity contribution in [3.8, 4) is 0 Å². The lowest BCUT2D eigenvalue weighted by molar-refractivity contribution is -0.386. The average molecular weight is 409 g/mol. The number of fused-ring (bicyclic) bond motifs is 1. The van der Waals surface area contributed by atoms with Crippen LogP contribution in [-0.4, -0.2) is 32.6 Å². The minimum absolute atomic E-state index is 0.143. The summed E-state index contributed by atoms with van der Waals surface area (Å²) in [7, 11) is 0. The Morgan fingerprint density at radius 1 is 1.17 bits per heavy atom. The molecule has 0 aliphatic carbocycles. The molecule has 29 heavy (non-hydrogen) atoms. The van der Waals surface area contributed by atoms with Crippen LogP contribution in [0.25, 0.3) is 5.65 Å². The highest BCUT2D eigenvalue weighted by Gasteiger charge is 2.33. The molecule has 1 unspecified atom stereocenters. The van der Waals surface area contributed by atoms with Gasteiger partial charge < -0.3 is 4.90 Å². The van der Waals surface area contributed by atoms with E-state index in [2.05, 4.69) is 10.2 Å². The molecule has 4 rings (SSSR count).